The number of methoxy groups -OCH3 is 1. The molecule has 0 saturated carbocycles. The first-order valence-electron chi connectivity index (χ1n) is 11.8. The molecule has 1 saturated heterocycles. The highest BCUT2D eigenvalue weighted by Crippen LogP contribution is 2.48. The van der Waals surface area contributed by atoms with Gasteiger partial charge in [0.15, 0.2) is 23.2 Å². The molecule has 15 heteroatoms. The highest BCUT2D eigenvalue weighted by molar-refractivity contribution is 8.09. The van der Waals surface area contributed by atoms with Crippen molar-refractivity contribution in [2.24, 2.45) is 0 Å². The summed E-state index contributed by atoms with van der Waals surface area (Å²) < 4.78 is 39.9. The minimum absolute atomic E-state index is 0.258. The number of para-hydroxylation sites is 1. The molecular formula is C24H28FN6O6PS. The third-order valence-electron chi connectivity index (χ3n) is 5.97. The number of benzene rings is 1. The molecule has 0 aliphatic carbocycles. The largest absolute Gasteiger partial charge is 0.468 e. The Bertz CT molecular complexity index is 1440. The van der Waals surface area contributed by atoms with Crippen LogP contribution in [-0.4, -0.2) is 75.3 Å². The van der Waals surface area contributed by atoms with E-state index in [0.717, 1.165) is 0 Å². The number of nitrogens with zero attached hydrogens (tertiary/aromatic N) is 4. The number of nitrogens with one attached hydrogen (secondary N) is 2. The second kappa shape index (κ2) is 11.5. The van der Waals surface area contributed by atoms with Gasteiger partial charge in [0.2, 0.25) is 5.67 Å². The van der Waals surface area contributed by atoms with Gasteiger partial charge in [0.1, 0.15) is 29.8 Å². The number of imidazole rings is 1. The summed E-state index contributed by atoms with van der Waals surface area (Å²) in [5, 5.41) is 16.7. The number of carbonyl (C=O) groups is 1. The summed E-state index contributed by atoms with van der Waals surface area (Å²) in [6.45, 7) is -0.680. The quantitative estimate of drug-likeness (QED) is 0.185. The van der Waals surface area contributed by atoms with Crippen LogP contribution in [0.5, 0.6) is 5.75 Å². The lowest BCUT2D eigenvalue weighted by Gasteiger charge is -2.27. The number of fused-ring (bicyclic) bond motifs is 1. The van der Waals surface area contributed by atoms with E-state index >= 15 is 4.39 Å². The molecule has 2 aromatic heterocycles. The molecule has 1 fully saturated rings. The molecule has 1 aromatic carbocycles. The first kappa shape index (κ1) is 28.8. The first-order chi connectivity index (χ1) is 18.5. The van der Waals surface area contributed by atoms with Crippen molar-refractivity contribution in [1.82, 2.24) is 24.6 Å². The summed E-state index contributed by atoms with van der Waals surface area (Å²) in [6.07, 6.45) is 2.30. The van der Waals surface area contributed by atoms with Crippen molar-refractivity contribution in [3.63, 3.8) is 0 Å². The Hall–Kier alpha value is -3.18. The van der Waals surface area contributed by atoms with Crippen LogP contribution in [0.1, 0.15) is 19.0 Å². The van der Waals surface area contributed by atoms with Gasteiger partial charge in [-0.3, -0.25) is 9.36 Å². The monoisotopic (exact) mass is 578 g/mol. The summed E-state index contributed by atoms with van der Waals surface area (Å²) in [5.74, 6) is 2.65. The molecule has 0 radical (unpaired) electrons. The maximum Gasteiger partial charge on any atom is 0.323 e. The van der Waals surface area contributed by atoms with E-state index in [0.29, 0.717) is 22.9 Å². The molecule has 0 unspecified atom stereocenters. The van der Waals surface area contributed by atoms with Crippen LogP contribution >= 0.6 is 6.64 Å². The third-order valence-corrected chi connectivity index (χ3v) is 8.47. The Kier molecular flexibility index (Phi) is 8.51. The molecule has 4 rings (SSSR count). The average molecular weight is 579 g/mol. The molecule has 3 heterocycles. The second-order valence-corrected chi connectivity index (χ2v) is 11.8. The van der Waals surface area contributed by atoms with Crippen LogP contribution < -0.4 is 14.9 Å². The lowest BCUT2D eigenvalue weighted by Crippen LogP contribution is -2.42. The van der Waals surface area contributed by atoms with Crippen molar-refractivity contribution in [3.05, 3.63) is 42.5 Å². The van der Waals surface area contributed by atoms with Crippen LogP contribution in [0, 0.1) is 19.3 Å². The summed E-state index contributed by atoms with van der Waals surface area (Å²) in [7, 11) is 2.90. The van der Waals surface area contributed by atoms with E-state index in [1.807, 2.05) is 5.92 Å². The standard InChI is InChI=1S/C24H28FN6O6PS/c1-6-24(25)19(32)17(36-23(24)31-13-27-18-20(26-4)28-15(3)29-21(18)31)12-35-38(39,30-14(2)22(33)34-5)37-16-10-8-7-9-11-16/h1,7-11,13-14,17,19,23,32H,12H2,2-5H3,(H,30,39)(H,26,28,29)/t14-,17-,19-,23-,24-,38+/m1/s1. The Balaban J connectivity index is 1.61. The summed E-state index contributed by atoms with van der Waals surface area (Å²) in [6, 6.07) is 7.68. The number of aliphatic hydroxyl groups excluding tert-OH is 1. The molecule has 208 valence electrons. The van der Waals surface area contributed by atoms with Crippen molar-refractivity contribution in [1.29, 1.82) is 0 Å². The number of halogens is 1. The fourth-order valence-corrected chi connectivity index (χ4v) is 6.45. The zero-order valence-corrected chi connectivity index (χ0v) is 23.3. The van der Waals surface area contributed by atoms with E-state index in [4.69, 9.17) is 36.8 Å². The predicted molar refractivity (Wildman–Crippen MR) is 144 cm³/mol. The fourth-order valence-electron chi connectivity index (χ4n) is 4.03. The van der Waals surface area contributed by atoms with E-state index in [1.54, 1.807) is 44.3 Å². The van der Waals surface area contributed by atoms with Gasteiger partial charge < -0.3 is 28.9 Å². The van der Waals surface area contributed by atoms with Gasteiger partial charge in [0, 0.05) is 7.05 Å². The Labute approximate surface area is 229 Å². The molecular weight excluding hydrogens is 550 g/mol. The predicted octanol–water partition coefficient (Wildman–Crippen LogP) is 2.25. The highest BCUT2D eigenvalue weighted by atomic mass is 32.5. The zero-order chi connectivity index (χ0) is 28.4. The lowest BCUT2D eigenvalue weighted by atomic mass is 9.97. The lowest BCUT2D eigenvalue weighted by molar-refractivity contribution is -0.142. The van der Waals surface area contributed by atoms with Crippen LogP contribution in [0.3, 0.4) is 0 Å². The molecule has 1 aliphatic rings. The van der Waals surface area contributed by atoms with Crippen molar-refractivity contribution in [3.8, 4) is 18.1 Å². The number of anilines is 1. The number of aromatic nitrogens is 4. The number of terminal acetylenes is 1. The molecule has 1 aliphatic heterocycles. The van der Waals surface area contributed by atoms with E-state index in [-0.39, 0.29) is 5.65 Å². The molecule has 0 bridgehead atoms. The van der Waals surface area contributed by atoms with Gasteiger partial charge in [-0.2, -0.15) is 0 Å². The second-order valence-electron chi connectivity index (χ2n) is 8.65. The zero-order valence-electron chi connectivity index (χ0n) is 21.6. The van der Waals surface area contributed by atoms with Crippen molar-refractivity contribution in [2.75, 3.05) is 26.1 Å². The number of carbonyl (C=O) groups excluding carboxylic acids is 1. The normalized spacial score (nSPS) is 25.0. The van der Waals surface area contributed by atoms with Gasteiger partial charge in [-0.05, 0) is 37.8 Å². The first-order valence-corrected chi connectivity index (χ1v) is 14.4. The Morgan fingerprint density at radius 3 is 2.77 bits per heavy atom. The number of hydrogen-bond donors (Lipinski definition) is 3. The van der Waals surface area contributed by atoms with Crippen LogP contribution in [0.15, 0.2) is 36.7 Å². The van der Waals surface area contributed by atoms with Crippen molar-refractivity contribution < 1.29 is 32.8 Å². The van der Waals surface area contributed by atoms with Gasteiger partial charge >= 0.3 is 12.6 Å². The number of aliphatic hydroxyl groups is 1. The minimum Gasteiger partial charge on any atom is -0.468 e. The van der Waals surface area contributed by atoms with Crippen LogP contribution in [0.4, 0.5) is 10.2 Å². The average Bonchev–Trinajstić information content (AvgIpc) is 3.45. The number of aryl methyl sites for hydroxylation is 1. The number of ether oxygens (including phenoxy) is 2. The molecule has 39 heavy (non-hydrogen) atoms. The van der Waals surface area contributed by atoms with Gasteiger partial charge in [-0.15, -0.1) is 6.42 Å². The van der Waals surface area contributed by atoms with Crippen LogP contribution in [0.2, 0.25) is 0 Å². The summed E-state index contributed by atoms with van der Waals surface area (Å²) in [5.41, 5.74) is -2.04. The van der Waals surface area contributed by atoms with Crippen molar-refractivity contribution >= 4 is 41.4 Å². The highest BCUT2D eigenvalue weighted by Gasteiger charge is 2.58. The van der Waals surface area contributed by atoms with E-state index in [9.17, 15) is 9.90 Å². The maximum absolute atomic E-state index is 16.2. The van der Waals surface area contributed by atoms with E-state index in [2.05, 4.69) is 25.4 Å². The number of rotatable bonds is 10. The van der Waals surface area contributed by atoms with Gasteiger partial charge in [-0.25, -0.2) is 24.4 Å². The fraction of sp³-hybridized carbons (Fsp3) is 0.417. The number of esters is 1. The van der Waals surface area contributed by atoms with Gasteiger partial charge in [0.05, 0.1) is 20.0 Å². The summed E-state index contributed by atoms with van der Waals surface area (Å²) >= 11 is 5.64. The molecule has 3 N–H and O–H groups in total. The topological polar surface area (TPSA) is 142 Å². The minimum atomic E-state index is -3.46. The van der Waals surface area contributed by atoms with Crippen LogP contribution in [0.25, 0.3) is 11.2 Å². The van der Waals surface area contributed by atoms with Crippen molar-refractivity contribution in [2.45, 2.75) is 44.0 Å². The van der Waals surface area contributed by atoms with Gasteiger partial charge in [-0.1, -0.05) is 24.1 Å². The third kappa shape index (κ3) is 5.74. The Morgan fingerprint density at radius 2 is 2.13 bits per heavy atom. The molecule has 3 aromatic rings. The number of hydrogen-bond acceptors (Lipinski definition) is 11. The molecule has 0 spiro atoms. The van der Waals surface area contributed by atoms with E-state index in [1.165, 1.54) is 24.9 Å². The SMILES string of the molecule is C#C[C@@]1(F)[C@H](O)[C@@H](CO[P@@](=S)(N[C@H](C)C(=O)OC)Oc2ccccc2)O[C@H]1n1cnc2c(NC)nc(C)nc21. The van der Waals surface area contributed by atoms with Crippen LogP contribution in [-0.2, 0) is 30.6 Å². The smallest absolute Gasteiger partial charge is 0.323 e. The van der Waals surface area contributed by atoms with E-state index < -0.39 is 49.4 Å². The maximum atomic E-state index is 16.2. The number of alkyl halides is 1. The molecule has 6 atom stereocenters. The Morgan fingerprint density at radius 1 is 1.41 bits per heavy atom. The summed E-state index contributed by atoms with van der Waals surface area (Å²) in [4.78, 5) is 25.0. The van der Waals surface area contributed by atoms with Gasteiger partial charge in [0.25, 0.3) is 0 Å². The molecule has 0 amide bonds. The molecule has 12 nitrogen and oxygen atoms in total.